The van der Waals surface area contributed by atoms with Crippen LogP contribution in [0.3, 0.4) is 0 Å². The molecule has 1 aliphatic carbocycles. The summed E-state index contributed by atoms with van der Waals surface area (Å²) in [6.07, 6.45) is 5.78. The van der Waals surface area contributed by atoms with Crippen LogP contribution in [-0.4, -0.2) is 44.3 Å². The summed E-state index contributed by atoms with van der Waals surface area (Å²) in [5.74, 6) is 2.42. The van der Waals surface area contributed by atoms with E-state index in [-0.39, 0.29) is 0 Å². The first-order valence-corrected chi connectivity index (χ1v) is 7.17. The Hall–Kier alpha value is -0.120. The van der Waals surface area contributed by atoms with Gasteiger partial charge in [-0.05, 0) is 37.0 Å². The van der Waals surface area contributed by atoms with Gasteiger partial charge in [-0.3, -0.25) is 4.90 Å². The zero-order valence-electron chi connectivity index (χ0n) is 11.4. The fourth-order valence-electron chi connectivity index (χ4n) is 3.86. The van der Waals surface area contributed by atoms with Gasteiger partial charge in [-0.25, -0.2) is 0 Å². The van der Waals surface area contributed by atoms with E-state index < -0.39 is 0 Å². The molecule has 1 aliphatic heterocycles. The maximum Gasteiger partial charge on any atom is 0.0503 e. The van der Waals surface area contributed by atoms with Crippen LogP contribution >= 0.6 is 0 Å². The number of rotatable bonds is 5. The molecule has 3 nitrogen and oxygen atoms in total. The Labute approximate surface area is 106 Å². The van der Waals surface area contributed by atoms with E-state index in [0.29, 0.717) is 12.0 Å². The van der Waals surface area contributed by atoms with Gasteiger partial charge in [0.25, 0.3) is 0 Å². The maximum absolute atomic E-state index is 5.99. The average Bonchev–Trinajstić information content (AvgIpc) is 2.30. The predicted molar refractivity (Wildman–Crippen MR) is 70.9 cm³/mol. The van der Waals surface area contributed by atoms with E-state index in [0.717, 1.165) is 25.0 Å². The van der Waals surface area contributed by atoms with Gasteiger partial charge in [0, 0.05) is 32.8 Å². The van der Waals surface area contributed by atoms with Crippen molar-refractivity contribution in [3.63, 3.8) is 0 Å². The first-order chi connectivity index (χ1) is 8.24. The molecule has 0 aromatic heterocycles. The van der Waals surface area contributed by atoms with E-state index >= 15 is 0 Å². The number of likely N-dealkylation sites (tertiary alicyclic amines) is 1. The number of methoxy groups -OCH3 is 1. The smallest absolute Gasteiger partial charge is 0.0503 e. The molecular formula is C14H28N2O. The molecule has 2 aliphatic rings. The molecule has 100 valence electrons. The summed E-state index contributed by atoms with van der Waals surface area (Å²) in [6, 6.07) is 0.512. The number of nitrogens with two attached hydrogens (primary N) is 1. The Morgan fingerprint density at radius 1 is 1.29 bits per heavy atom. The van der Waals surface area contributed by atoms with Gasteiger partial charge >= 0.3 is 0 Å². The molecule has 2 rings (SSSR count). The number of fused-ring (bicyclic) bond motifs is 2. The van der Waals surface area contributed by atoms with Crippen LogP contribution in [0.2, 0.25) is 0 Å². The lowest BCUT2D eigenvalue weighted by Gasteiger charge is -2.46. The minimum Gasteiger partial charge on any atom is -0.384 e. The Bertz CT molecular complexity index is 222. The number of hydrogen-bond acceptors (Lipinski definition) is 3. The lowest BCUT2D eigenvalue weighted by Crippen LogP contribution is -2.53. The lowest BCUT2D eigenvalue weighted by molar-refractivity contribution is 0.0193. The molecule has 4 atom stereocenters. The van der Waals surface area contributed by atoms with Crippen molar-refractivity contribution in [3.8, 4) is 0 Å². The summed E-state index contributed by atoms with van der Waals surface area (Å²) in [5.41, 5.74) is 5.99. The van der Waals surface area contributed by atoms with E-state index in [1.165, 1.54) is 38.8 Å². The van der Waals surface area contributed by atoms with Crippen molar-refractivity contribution < 1.29 is 4.74 Å². The molecule has 0 aromatic carbocycles. The summed E-state index contributed by atoms with van der Waals surface area (Å²) in [7, 11) is 1.79. The zero-order chi connectivity index (χ0) is 12.3. The molecule has 2 fully saturated rings. The van der Waals surface area contributed by atoms with Gasteiger partial charge in [-0.1, -0.05) is 13.3 Å². The van der Waals surface area contributed by atoms with Crippen LogP contribution in [0.15, 0.2) is 0 Å². The minimum absolute atomic E-state index is 0.512. The Balaban J connectivity index is 1.94. The molecule has 4 unspecified atom stereocenters. The van der Waals surface area contributed by atoms with Crippen LogP contribution in [0.1, 0.15) is 32.6 Å². The van der Waals surface area contributed by atoms with Gasteiger partial charge < -0.3 is 10.5 Å². The van der Waals surface area contributed by atoms with Gasteiger partial charge in [0.15, 0.2) is 0 Å². The van der Waals surface area contributed by atoms with Crippen LogP contribution in [0.25, 0.3) is 0 Å². The SMILES string of the molecule is COCC(C)C(CN)N1CC2CCCC(C2)C1. The number of nitrogens with zero attached hydrogens (tertiary/aromatic N) is 1. The number of piperidine rings is 1. The molecule has 0 amide bonds. The predicted octanol–water partition coefficient (Wildman–Crippen LogP) is 1.72. The molecule has 0 aromatic rings. The standard InChI is InChI=1S/C14H28N2O/c1-11(10-17-2)14(7-15)16-8-12-4-3-5-13(6-12)9-16/h11-14H,3-10,15H2,1-2H3. The van der Waals surface area contributed by atoms with Crippen LogP contribution in [0.5, 0.6) is 0 Å². The fourth-order valence-corrected chi connectivity index (χ4v) is 3.86. The Kier molecular flexibility index (Phi) is 4.83. The monoisotopic (exact) mass is 240 g/mol. The van der Waals surface area contributed by atoms with E-state index in [4.69, 9.17) is 10.5 Å². The number of ether oxygens (including phenoxy) is 1. The second-order valence-electron chi connectivity index (χ2n) is 6.09. The van der Waals surface area contributed by atoms with Crippen molar-refractivity contribution in [2.24, 2.45) is 23.5 Å². The number of hydrogen-bond donors (Lipinski definition) is 1. The van der Waals surface area contributed by atoms with Crippen LogP contribution < -0.4 is 5.73 Å². The molecule has 2 N–H and O–H groups in total. The fraction of sp³-hybridized carbons (Fsp3) is 1.00. The van der Waals surface area contributed by atoms with Gasteiger partial charge in [0.1, 0.15) is 0 Å². The maximum atomic E-state index is 5.99. The van der Waals surface area contributed by atoms with Crippen molar-refractivity contribution in [1.82, 2.24) is 4.90 Å². The van der Waals surface area contributed by atoms with E-state index in [1.54, 1.807) is 7.11 Å². The summed E-state index contributed by atoms with van der Waals surface area (Å²) in [5, 5.41) is 0. The van der Waals surface area contributed by atoms with Crippen LogP contribution in [0.4, 0.5) is 0 Å². The minimum atomic E-state index is 0.512. The second-order valence-corrected chi connectivity index (χ2v) is 6.09. The highest BCUT2D eigenvalue weighted by Gasteiger charge is 2.34. The molecular weight excluding hydrogens is 212 g/mol. The van der Waals surface area contributed by atoms with Gasteiger partial charge in [-0.2, -0.15) is 0 Å². The average molecular weight is 240 g/mol. The van der Waals surface area contributed by atoms with E-state index in [1.807, 2.05) is 0 Å². The Morgan fingerprint density at radius 2 is 1.94 bits per heavy atom. The van der Waals surface area contributed by atoms with Crippen molar-refractivity contribution in [2.45, 2.75) is 38.6 Å². The topological polar surface area (TPSA) is 38.5 Å². The third kappa shape index (κ3) is 3.21. The highest BCUT2D eigenvalue weighted by atomic mass is 16.5. The summed E-state index contributed by atoms with van der Waals surface area (Å²) in [6.45, 7) is 6.40. The Morgan fingerprint density at radius 3 is 2.47 bits per heavy atom. The summed E-state index contributed by atoms with van der Waals surface area (Å²) >= 11 is 0. The van der Waals surface area contributed by atoms with Crippen molar-refractivity contribution in [3.05, 3.63) is 0 Å². The van der Waals surface area contributed by atoms with Gasteiger partial charge in [-0.15, -0.1) is 0 Å². The second kappa shape index (κ2) is 6.17. The molecule has 1 saturated heterocycles. The molecule has 1 saturated carbocycles. The van der Waals surface area contributed by atoms with Crippen LogP contribution in [-0.2, 0) is 4.74 Å². The van der Waals surface area contributed by atoms with E-state index in [9.17, 15) is 0 Å². The first-order valence-electron chi connectivity index (χ1n) is 7.17. The van der Waals surface area contributed by atoms with Crippen molar-refractivity contribution in [2.75, 3.05) is 33.4 Å². The van der Waals surface area contributed by atoms with Gasteiger partial charge in [0.05, 0.1) is 6.61 Å². The zero-order valence-corrected chi connectivity index (χ0v) is 11.4. The quantitative estimate of drug-likeness (QED) is 0.795. The van der Waals surface area contributed by atoms with E-state index in [2.05, 4.69) is 11.8 Å². The molecule has 0 radical (unpaired) electrons. The summed E-state index contributed by atoms with van der Waals surface area (Å²) in [4.78, 5) is 2.65. The largest absolute Gasteiger partial charge is 0.384 e. The normalized spacial score (nSPS) is 33.4. The van der Waals surface area contributed by atoms with Gasteiger partial charge in [0.2, 0.25) is 0 Å². The van der Waals surface area contributed by atoms with Crippen molar-refractivity contribution >= 4 is 0 Å². The third-order valence-electron chi connectivity index (χ3n) is 4.67. The molecule has 1 heterocycles. The van der Waals surface area contributed by atoms with Crippen molar-refractivity contribution in [1.29, 1.82) is 0 Å². The highest BCUT2D eigenvalue weighted by molar-refractivity contribution is 4.88. The molecule has 3 heteroatoms. The molecule has 17 heavy (non-hydrogen) atoms. The molecule has 0 spiro atoms. The third-order valence-corrected chi connectivity index (χ3v) is 4.67. The lowest BCUT2D eigenvalue weighted by atomic mass is 9.77. The molecule has 2 bridgehead atoms. The summed E-state index contributed by atoms with van der Waals surface area (Å²) < 4.78 is 5.29. The van der Waals surface area contributed by atoms with Crippen LogP contribution in [0, 0.1) is 17.8 Å². The first kappa shape index (κ1) is 13.3. The highest BCUT2D eigenvalue weighted by Crippen LogP contribution is 2.35.